The number of ketones is 1. The van der Waals surface area contributed by atoms with Gasteiger partial charge in [-0.15, -0.1) is 0 Å². The maximum absolute atomic E-state index is 13.5. The first-order valence-corrected chi connectivity index (χ1v) is 13.8. The Kier molecular flexibility index (Phi) is 8.83. The molecule has 3 aromatic carbocycles. The molecule has 0 saturated carbocycles. The lowest BCUT2D eigenvalue weighted by atomic mass is 9.95. The summed E-state index contributed by atoms with van der Waals surface area (Å²) in [5.41, 5.74) is 3.86. The Morgan fingerprint density at radius 1 is 0.875 bits per heavy atom. The number of benzene rings is 3. The third-order valence-electron chi connectivity index (χ3n) is 7.14. The summed E-state index contributed by atoms with van der Waals surface area (Å²) < 4.78 is 5.77. The maximum atomic E-state index is 13.5. The summed E-state index contributed by atoms with van der Waals surface area (Å²) in [5, 5.41) is 11.5. The molecule has 1 atom stereocenters. The first-order chi connectivity index (χ1) is 19.2. The van der Waals surface area contributed by atoms with E-state index >= 15 is 0 Å². The lowest BCUT2D eigenvalue weighted by molar-refractivity contribution is -0.132. The Morgan fingerprint density at radius 3 is 1.98 bits per heavy atom. The average molecular weight is 542 g/mol. The lowest BCUT2D eigenvalue weighted by Gasteiger charge is -2.27. The molecular weight excluding hydrogens is 502 g/mol. The molecule has 1 amide bonds. The minimum atomic E-state index is -0.785. The van der Waals surface area contributed by atoms with Gasteiger partial charge in [0.1, 0.15) is 11.5 Å². The molecule has 0 aromatic heterocycles. The molecule has 40 heavy (non-hydrogen) atoms. The molecular formula is C33H39N3O4. The molecule has 1 unspecified atom stereocenters. The van der Waals surface area contributed by atoms with Crippen molar-refractivity contribution in [3.8, 4) is 5.75 Å². The summed E-state index contributed by atoms with van der Waals surface area (Å²) in [5.74, 6) is -0.542. The van der Waals surface area contributed by atoms with E-state index in [1.54, 1.807) is 24.3 Å². The molecule has 1 saturated heterocycles. The fraction of sp³-hybridized carbons (Fsp3) is 0.333. The zero-order valence-electron chi connectivity index (χ0n) is 24.2. The number of hydrogen-bond donors (Lipinski definition) is 1. The van der Waals surface area contributed by atoms with Crippen molar-refractivity contribution >= 4 is 34.5 Å². The van der Waals surface area contributed by atoms with E-state index < -0.39 is 17.7 Å². The number of aliphatic hydroxyl groups is 1. The van der Waals surface area contributed by atoms with Crippen molar-refractivity contribution in [2.45, 2.75) is 33.7 Å². The first-order valence-electron chi connectivity index (χ1n) is 13.8. The van der Waals surface area contributed by atoms with Gasteiger partial charge in [-0.1, -0.05) is 26.0 Å². The zero-order chi connectivity index (χ0) is 29.0. The van der Waals surface area contributed by atoms with Crippen molar-refractivity contribution < 1.29 is 19.4 Å². The summed E-state index contributed by atoms with van der Waals surface area (Å²) in [6.45, 7) is 10.6. The number of hydrogen-bond acceptors (Lipinski definition) is 6. The normalized spacial score (nSPS) is 16.5. The van der Waals surface area contributed by atoms with E-state index in [1.165, 1.54) is 4.90 Å². The number of amides is 1. The van der Waals surface area contributed by atoms with Crippen LogP contribution < -0.4 is 19.4 Å². The predicted molar refractivity (Wildman–Crippen MR) is 162 cm³/mol. The van der Waals surface area contributed by atoms with Crippen LogP contribution in [0.25, 0.3) is 5.76 Å². The van der Waals surface area contributed by atoms with Crippen LogP contribution in [0.15, 0.2) is 78.4 Å². The molecule has 1 N–H and O–H groups in total. The van der Waals surface area contributed by atoms with Gasteiger partial charge in [0, 0.05) is 49.8 Å². The van der Waals surface area contributed by atoms with Crippen molar-refractivity contribution in [1.82, 2.24) is 0 Å². The standard InChI is InChI=1S/C33H39N3O4/c1-7-35(8-2)26-15-17-27(18-16-26)36-30(23-9-13-25(14-10-23)34(5)6)29(32(38)33(36)39)31(37)24-11-19-28(20-12-24)40-21-22(3)4/h9-20,22,30,37H,7-8,21H2,1-6H3/b31-29-. The van der Waals surface area contributed by atoms with Crippen LogP contribution >= 0.6 is 0 Å². The number of carbonyl (C=O) groups excluding carboxylic acids is 2. The molecule has 0 aliphatic carbocycles. The third-order valence-corrected chi connectivity index (χ3v) is 7.14. The molecule has 3 aromatic rings. The molecule has 4 rings (SSSR count). The number of ether oxygens (including phenoxy) is 1. The maximum Gasteiger partial charge on any atom is 0.300 e. The van der Waals surface area contributed by atoms with Crippen LogP contribution in [0.1, 0.15) is 44.9 Å². The highest BCUT2D eigenvalue weighted by atomic mass is 16.5. The van der Waals surface area contributed by atoms with Gasteiger partial charge in [0.15, 0.2) is 0 Å². The smallest absolute Gasteiger partial charge is 0.300 e. The summed E-state index contributed by atoms with van der Waals surface area (Å²) in [6, 6.07) is 21.5. The zero-order valence-corrected chi connectivity index (χ0v) is 24.2. The van der Waals surface area contributed by atoms with Gasteiger partial charge in [0.25, 0.3) is 11.7 Å². The molecule has 210 valence electrons. The molecule has 1 aliphatic heterocycles. The number of aliphatic hydroxyl groups excluding tert-OH is 1. The number of nitrogens with zero attached hydrogens (tertiary/aromatic N) is 3. The summed E-state index contributed by atoms with van der Waals surface area (Å²) in [4.78, 5) is 32.7. The molecule has 0 spiro atoms. The minimum absolute atomic E-state index is 0.0614. The first kappa shape index (κ1) is 28.7. The van der Waals surface area contributed by atoms with E-state index in [2.05, 4.69) is 32.6 Å². The fourth-order valence-electron chi connectivity index (χ4n) is 4.91. The second-order valence-corrected chi connectivity index (χ2v) is 10.6. The van der Waals surface area contributed by atoms with Crippen LogP contribution in [0, 0.1) is 5.92 Å². The quantitative estimate of drug-likeness (QED) is 0.186. The van der Waals surface area contributed by atoms with E-state index in [-0.39, 0.29) is 11.3 Å². The largest absolute Gasteiger partial charge is 0.507 e. The van der Waals surface area contributed by atoms with Crippen LogP contribution in [0.5, 0.6) is 5.75 Å². The van der Waals surface area contributed by atoms with Gasteiger partial charge in [-0.2, -0.15) is 0 Å². The Labute approximate surface area is 237 Å². The van der Waals surface area contributed by atoms with Crippen LogP contribution in [0.3, 0.4) is 0 Å². The number of Topliss-reactive ketones (excluding diaryl/α,β-unsaturated/α-hetero) is 1. The molecule has 1 aliphatic rings. The van der Waals surface area contributed by atoms with Crippen molar-refractivity contribution in [1.29, 1.82) is 0 Å². The van der Waals surface area contributed by atoms with Gasteiger partial charge >= 0.3 is 0 Å². The van der Waals surface area contributed by atoms with Crippen LogP contribution in [-0.4, -0.2) is 50.6 Å². The second-order valence-electron chi connectivity index (χ2n) is 10.6. The molecule has 0 radical (unpaired) electrons. The van der Waals surface area contributed by atoms with E-state index in [0.717, 1.165) is 30.0 Å². The Morgan fingerprint density at radius 2 is 1.45 bits per heavy atom. The van der Waals surface area contributed by atoms with Crippen molar-refractivity contribution in [2.24, 2.45) is 5.92 Å². The fourth-order valence-corrected chi connectivity index (χ4v) is 4.91. The Hall–Kier alpha value is -4.26. The topological polar surface area (TPSA) is 73.3 Å². The van der Waals surface area contributed by atoms with Crippen LogP contribution in [0.2, 0.25) is 0 Å². The molecule has 7 heteroatoms. The van der Waals surface area contributed by atoms with Crippen molar-refractivity contribution in [2.75, 3.05) is 48.5 Å². The van der Waals surface area contributed by atoms with E-state index in [0.29, 0.717) is 29.5 Å². The number of anilines is 3. The van der Waals surface area contributed by atoms with Crippen LogP contribution in [-0.2, 0) is 9.59 Å². The average Bonchev–Trinajstić information content (AvgIpc) is 3.22. The molecule has 1 fully saturated rings. The van der Waals surface area contributed by atoms with Crippen molar-refractivity contribution in [3.05, 3.63) is 89.5 Å². The second kappa shape index (κ2) is 12.3. The highest BCUT2D eigenvalue weighted by Crippen LogP contribution is 2.43. The molecule has 7 nitrogen and oxygen atoms in total. The highest BCUT2D eigenvalue weighted by Gasteiger charge is 2.47. The summed E-state index contributed by atoms with van der Waals surface area (Å²) in [6.07, 6.45) is 0. The lowest BCUT2D eigenvalue weighted by Crippen LogP contribution is -2.29. The highest BCUT2D eigenvalue weighted by molar-refractivity contribution is 6.51. The van der Waals surface area contributed by atoms with Gasteiger partial charge in [0.05, 0.1) is 18.2 Å². The van der Waals surface area contributed by atoms with Gasteiger partial charge in [-0.25, -0.2) is 0 Å². The minimum Gasteiger partial charge on any atom is -0.507 e. The Bertz CT molecular complexity index is 1360. The van der Waals surface area contributed by atoms with Crippen molar-refractivity contribution in [3.63, 3.8) is 0 Å². The monoisotopic (exact) mass is 541 g/mol. The third kappa shape index (κ3) is 5.83. The van der Waals surface area contributed by atoms with Gasteiger partial charge in [-0.3, -0.25) is 14.5 Å². The molecule has 1 heterocycles. The Balaban J connectivity index is 1.80. The van der Waals surface area contributed by atoms with E-state index in [1.807, 2.05) is 67.5 Å². The summed E-state index contributed by atoms with van der Waals surface area (Å²) in [7, 11) is 3.90. The predicted octanol–water partition coefficient (Wildman–Crippen LogP) is 6.26. The van der Waals surface area contributed by atoms with Crippen LogP contribution in [0.4, 0.5) is 17.1 Å². The van der Waals surface area contributed by atoms with Gasteiger partial charge in [-0.05, 0) is 86.0 Å². The molecule has 0 bridgehead atoms. The van der Waals surface area contributed by atoms with E-state index in [4.69, 9.17) is 4.74 Å². The van der Waals surface area contributed by atoms with E-state index in [9.17, 15) is 14.7 Å². The number of carbonyl (C=O) groups is 2. The SMILES string of the molecule is CCN(CC)c1ccc(N2C(=O)C(=O)/C(=C(\O)c3ccc(OCC(C)C)cc3)C2c2ccc(N(C)C)cc2)cc1. The van der Waals surface area contributed by atoms with Gasteiger partial charge < -0.3 is 19.6 Å². The van der Waals surface area contributed by atoms with Gasteiger partial charge in [0.2, 0.25) is 0 Å². The number of rotatable bonds is 10. The summed E-state index contributed by atoms with van der Waals surface area (Å²) >= 11 is 0.